The van der Waals surface area contributed by atoms with Crippen molar-refractivity contribution in [2.24, 2.45) is 10.9 Å². The molecule has 2 rings (SSSR count). The summed E-state index contributed by atoms with van der Waals surface area (Å²) in [5.74, 6) is 2.23. The molecule has 0 N–H and O–H groups in total. The van der Waals surface area contributed by atoms with Gasteiger partial charge in [0.2, 0.25) is 0 Å². The van der Waals surface area contributed by atoms with Crippen molar-refractivity contribution in [3.63, 3.8) is 0 Å². The van der Waals surface area contributed by atoms with E-state index in [0.717, 1.165) is 5.92 Å². The van der Waals surface area contributed by atoms with Crippen LogP contribution in [-0.2, 0) is 0 Å². The van der Waals surface area contributed by atoms with Crippen LogP contribution in [0.15, 0.2) is 4.99 Å². The largest absolute Gasteiger partial charge is 0.282 e. The van der Waals surface area contributed by atoms with Crippen LogP contribution >= 0.6 is 11.8 Å². The Morgan fingerprint density at radius 3 is 2.88 bits per heavy atom. The molecule has 0 aromatic carbocycles. The number of hydrogen-bond donors (Lipinski definition) is 0. The van der Waals surface area contributed by atoms with Crippen molar-refractivity contribution in [3.8, 4) is 0 Å². The van der Waals surface area contributed by atoms with Crippen molar-refractivity contribution in [2.75, 3.05) is 5.75 Å². The van der Waals surface area contributed by atoms with Crippen molar-refractivity contribution >= 4 is 17.3 Å². The highest BCUT2D eigenvalue weighted by Gasteiger charge is 2.31. The fraction of sp³-hybridized carbons (Fsp3) is 0.833. The van der Waals surface area contributed by atoms with Gasteiger partial charge in [-0.1, -0.05) is 0 Å². The van der Waals surface area contributed by atoms with Crippen LogP contribution < -0.4 is 0 Å². The van der Waals surface area contributed by atoms with Gasteiger partial charge in [0.25, 0.3) is 0 Å². The molecule has 2 heteroatoms. The molecule has 0 radical (unpaired) electrons. The maximum atomic E-state index is 4.34. The zero-order valence-electron chi connectivity index (χ0n) is 4.71. The summed E-state index contributed by atoms with van der Waals surface area (Å²) in [5.41, 5.74) is 2.00. The first-order chi connectivity index (χ1) is 3.97. The Balaban J connectivity index is 1.95. The van der Waals surface area contributed by atoms with E-state index in [2.05, 4.69) is 4.99 Å². The van der Waals surface area contributed by atoms with Gasteiger partial charge in [-0.3, -0.25) is 4.99 Å². The molecule has 2 aliphatic rings. The van der Waals surface area contributed by atoms with E-state index in [4.69, 9.17) is 0 Å². The summed E-state index contributed by atoms with van der Waals surface area (Å²) in [6.07, 6.45) is 2.87. The van der Waals surface area contributed by atoms with Gasteiger partial charge in [-0.15, -0.1) is 11.8 Å². The molecule has 0 amide bonds. The van der Waals surface area contributed by atoms with Gasteiger partial charge in [0.1, 0.15) is 0 Å². The second-order valence-corrected chi connectivity index (χ2v) is 3.37. The maximum absolute atomic E-state index is 4.34. The Bertz CT molecular complexity index is 118. The van der Waals surface area contributed by atoms with Crippen molar-refractivity contribution in [1.29, 1.82) is 0 Å². The minimum Gasteiger partial charge on any atom is -0.282 e. The molecule has 1 nitrogen and oxygen atoms in total. The first kappa shape index (κ1) is 4.86. The lowest BCUT2D eigenvalue weighted by atomic mass is 10.2. The average Bonchev–Trinajstić information content (AvgIpc) is 2.49. The molecule has 0 aromatic heterocycles. The van der Waals surface area contributed by atoms with E-state index in [1.165, 1.54) is 18.6 Å². The summed E-state index contributed by atoms with van der Waals surface area (Å²) in [6.45, 7) is 0. The molecule has 8 heavy (non-hydrogen) atoms. The molecule has 1 aliphatic carbocycles. The number of aliphatic imine (C=N–C) groups is 1. The number of rotatable bonds is 1. The molecule has 0 aromatic rings. The van der Waals surface area contributed by atoms with Crippen molar-refractivity contribution in [2.45, 2.75) is 18.9 Å². The van der Waals surface area contributed by atoms with Crippen molar-refractivity contribution in [1.82, 2.24) is 0 Å². The second-order valence-electron chi connectivity index (χ2n) is 2.49. The van der Waals surface area contributed by atoms with E-state index in [-0.39, 0.29) is 0 Å². The summed E-state index contributed by atoms with van der Waals surface area (Å²) >= 11 is 1.86. The van der Waals surface area contributed by atoms with Gasteiger partial charge >= 0.3 is 0 Å². The van der Waals surface area contributed by atoms with Gasteiger partial charge in [-0.2, -0.15) is 0 Å². The molecule has 1 unspecified atom stereocenters. The molecule has 0 saturated heterocycles. The van der Waals surface area contributed by atoms with Gasteiger partial charge in [0, 0.05) is 5.75 Å². The Kier molecular flexibility index (Phi) is 1.07. The van der Waals surface area contributed by atoms with Crippen molar-refractivity contribution < 1.29 is 0 Å². The monoisotopic (exact) mass is 127 g/mol. The molecule has 1 atom stereocenters. The number of nitrogens with zero attached hydrogens (tertiary/aromatic N) is 1. The molecule has 0 bridgehead atoms. The summed E-state index contributed by atoms with van der Waals surface area (Å²) in [4.78, 5) is 4.34. The van der Waals surface area contributed by atoms with E-state index in [1.54, 1.807) is 0 Å². The Labute approximate surface area is 53.6 Å². The molecular weight excluding hydrogens is 118 g/mol. The lowest BCUT2D eigenvalue weighted by molar-refractivity contribution is 0.672. The maximum Gasteiger partial charge on any atom is 0.0628 e. The SMILES string of the molecule is C1=NC(C2CC2)CS1. The topological polar surface area (TPSA) is 12.4 Å². The second kappa shape index (κ2) is 1.76. The lowest BCUT2D eigenvalue weighted by Crippen LogP contribution is -2.04. The van der Waals surface area contributed by atoms with Crippen molar-refractivity contribution in [3.05, 3.63) is 0 Å². The molecule has 0 spiro atoms. The summed E-state index contributed by atoms with van der Waals surface area (Å²) in [6, 6.07) is 0.708. The Morgan fingerprint density at radius 2 is 2.38 bits per heavy atom. The minimum atomic E-state index is 0.708. The molecule has 1 fully saturated rings. The molecule has 1 saturated carbocycles. The minimum absolute atomic E-state index is 0.708. The lowest BCUT2D eigenvalue weighted by Gasteiger charge is -1.98. The highest BCUT2D eigenvalue weighted by molar-refractivity contribution is 8.12. The van der Waals surface area contributed by atoms with Gasteiger partial charge in [0.05, 0.1) is 11.6 Å². The summed E-state index contributed by atoms with van der Waals surface area (Å²) in [7, 11) is 0. The zero-order valence-corrected chi connectivity index (χ0v) is 5.53. The Hall–Kier alpha value is 0.0200. The highest BCUT2D eigenvalue weighted by Crippen LogP contribution is 2.37. The van der Waals surface area contributed by atoms with Crippen LogP contribution in [0.5, 0.6) is 0 Å². The quantitative estimate of drug-likeness (QED) is 0.520. The predicted molar refractivity (Wildman–Crippen MR) is 37.5 cm³/mol. The van der Waals surface area contributed by atoms with Gasteiger partial charge in [-0.25, -0.2) is 0 Å². The van der Waals surface area contributed by atoms with Crippen LogP contribution in [0.3, 0.4) is 0 Å². The van der Waals surface area contributed by atoms with Crippen LogP contribution in [0.1, 0.15) is 12.8 Å². The normalized spacial score (nSPS) is 36.2. The predicted octanol–water partition coefficient (Wildman–Crippen LogP) is 1.54. The smallest absolute Gasteiger partial charge is 0.0628 e. The fourth-order valence-electron chi connectivity index (χ4n) is 1.04. The first-order valence-electron chi connectivity index (χ1n) is 3.10. The van der Waals surface area contributed by atoms with E-state index in [0.29, 0.717) is 6.04 Å². The van der Waals surface area contributed by atoms with Gasteiger partial charge in [-0.05, 0) is 18.8 Å². The van der Waals surface area contributed by atoms with Crippen LogP contribution in [0.25, 0.3) is 0 Å². The van der Waals surface area contributed by atoms with E-state index in [9.17, 15) is 0 Å². The summed E-state index contributed by atoms with van der Waals surface area (Å²) in [5, 5.41) is 0. The van der Waals surface area contributed by atoms with Crippen LogP contribution in [0, 0.1) is 5.92 Å². The highest BCUT2D eigenvalue weighted by atomic mass is 32.2. The Morgan fingerprint density at radius 1 is 1.50 bits per heavy atom. The van der Waals surface area contributed by atoms with E-state index < -0.39 is 0 Å². The van der Waals surface area contributed by atoms with Crippen LogP contribution in [-0.4, -0.2) is 17.3 Å². The number of thioether (sulfide) groups is 1. The van der Waals surface area contributed by atoms with Crippen LogP contribution in [0.2, 0.25) is 0 Å². The molecule has 1 heterocycles. The van der Waals surface area contributed by atoms with Crippen LogP contribution in [0.4, 0.5) is 0 Å². The first-order valence-corrected chi connectivity index (χ1v) is 4.15. The molecule has 44 valence electrons. The third-order valence-electron chi connectivity index (χ3n) is 1.76. The third-order valence-corrected chi connectivity index (χ3v) is 2.56. The fourth-order valence-corrected chi connectivity index (χ4v) is 1.93. The van der Waals surface area contributed by atoms with E-state index >= 15 is 0 Å². The number of hydrogen-bond acceptors (Lipinski definition) is 2. The standard InChI is InChI=1S/C6H9NS/c1-2-5(1)6-3-8-4-7-6/h4-6H,1-3H2. The third kappa shape index (κ3) is 0.772. The van der Waals surface area contributed by atoms with Gasteiger partial charge < -0.3 is 0 Å². The van der Waals surface area contributed by atoms with E-state index in [1.807, 2.05) is 17.3 Å². The molecular formula is C6H9NS. The van der Waals surface area contributed by atoms with Gasteiger partial charge in [0.15, 0.2) is 0 Å². The average molecular weight is 127 g/mol. The summed E-state index contributed by atoms with van der Waals surface area (Å²) < 4.78 is 0. The molecule has 1 aliphatic heterocycles. The zero-order chi connectivity index (χ0) is 5.40.